The highest BCUT2D eigenvalue weighted by molar-refractivity contribution is 5.97. The number of aromatic nitrogens is 1. The molecule has 1 unspecified atom stereocenters. The minimum Gasteiger partial charge on any atom is -0.341 e. The number of carbonyl (C=O) groups excluding carboxylic acids is 2. The average molecular weight is 385 g/mol. The van der Waals surface area contributed by atoms with Crippen molar-refractivity contribution >= 4 is 11.8 Å². The van der Waals surface area contributed by atoms with Crippen LogP contribution in [0.25, 0.3) is 0 Å². The molecule has 1 aromatic heterocycles. The number of amides is 2. The lowest BCUT2D eigenvalue weighted by Gasteiger charge is -2.39. The van der Waals surface area contributed by atoms with Gasteiger partial charge in [0.2, 0.25) is 5.91 Å². The summed E-state index contributed by atoms with van der Waals surface area (Å²) < 4.78 is 1.91. The fourth-order valence-electron chi connectivity index (χ4n) is 4.41. The van der Waals surface area contributed by atoms with E-state index in [-0.39, 0.29) is 11.8 Å². The largest absolute Gasteiger partial charge is 0.341 e. The monoisotopic (exact) mass is 385 g/mol. The van der Waals surface area contributed by atoms with Crippen LogP contribution in [0, 0.1) is 0 Å². The van der Waals surface area contributed by atoms with Crippen LogP contribution in [-0.4, -0.2) is 38.8 Å². The molecule has 0 fully saturated rings. The van der Waals surface area contributed by atoms with Gasteiger partial charge in [0.05, 0.1) is 6.54 Å². The van der Waals surface area contributed by atoms with Crippen LogP contribution < -0.4 is 0 Å². The maximum atomic E-state index is 13.6. The number of hydrogen-bond donors (Lipinski definition) is 0. The standard InChI is InChI=1S/C24H23N3O2/c28-23(26-14-12-19-9-4-5-10-20(19)16-26)22-17-25-13-6-11-21(25)24(29)27(22)15-18-7-2-1-3-8-18/h1-11,13,22H,12,14-17H2. The molecule has 1 atom stereocenters. The summed E-state index contributed by atoms with van der Waals surface area (Å²) in [7, 11) is 0. The molecule has 2 aromatic carbocycles. The second-order valence-electron chi connectivity index (χ2n) is 7.76. The van der Waals surface area contributed by atoms with Crippen molar-refractivity contribution < 1.29 is 9.59 Å². The first-order chi connectivity index (χ1) is 14.2. The fraction of sp³-hybridized carbons (Fsp3) is 0.250. The number of fused-ring (bicyclic) bond motifs is 2. The molecule has 2 amide bonds. The van der Waals surface area contributed by atoms with Gasteiger partial charge in [0.25, 0.3) is 5.91 Å². The summed E-state index contributed by atoms with van der Waals surface area (Å²) >= 11 is 0. The smallest absolute Gasteiger partial charge is 0.271 e. The maximum absolute atomic E-state index is 13.6. The first kappa shape index (κ1) is 17.7. The molecule has 5 rings (SSSR count). The minimum atomic E-state index is -0.493. The van der Waals surface area contributed by atoms with E-state index >= 15 is 0 Å². The molecule has 3 heterocycles. The van der Waals surface area contributed by atoms with Crippen molar-refractivity contribution in [1.82, 2.24) is 14.4 Å². The Balaban J connectivity index is 1.44. The highest BCUT2D eigenvalue weighted by Crippen LogP contribution is 2.25. The normalized spacial score (nSPS) is 18.3. The fourth-order valence-corrected chi connectivity index (χ4v) is 4.41. The van der Waals surface area contributed by atoms with Gasteiger partial charge in [0, 0.05) is 25.8 Å². The van der Waals surface area contributed by atoms with Crippen LogP contribution in [0.3, 0.4) is 0 Å². The predicted octanol–water partition coefficient (Wildman–Crippen LogP) is 3.10. The van der Waals surface area contributed by atoms with Crippen molar-refractivity contribution in [2.45, 2.75) is 32.1 Å². The molecule has 2 aliphatic rings. The van der Waals surface area contributed by atoms with Gasteiger partial charge >= 0.3 is 0 Å². The van der Waals surface area contributed by atoms with Crippen molar-refractivity contribution in [1.29, 1.82) is 0 Å². The first-order valence-electron chi connectivity index (χ1n) is 10.1. The number of nitrogens with zero attached hydrogens (tertiary/aromatic N) is 3. The topological polar surface area (TPSA) is 45.6 Å². The molecule has 3 aromatic rings. The molecule has 0 N–H and O–H groups in total. The molecule has 0 saturated carbocycles. The zero-order chi connectivity index (χ0) is 19.8. The summed E-state index contributed by atoms with van der Waals surface area (Å²) in [4.78, 5) is 30.4. The van der Waals surface area contributed by atoms with Crippen LogP contribution in [0.15, 0.2) is 72.9 Å². The minimum absolute atomic E-state index is 0.0307. The van der Waals surface area contributed by atoms with Crippen LogP contribution in [0.5, 0.6) is 0 Å². The predicted molar refractivity (Wildman–Crippen MR) is 110 cm³/mol. The Morgan fingerprint density at radius 3 is 2.52 bits per heavy atom. The lowest BCUT2D eigenvalue weighted by atomic mass is 9.98. The van der Waals surface area contributed by atoms with Crippen LogP contribution in [-0.2, 0) is 30.8 Å². The lowest BCUT2D eigenvalue weighted by Crippen LogP contribution is -2.56. The Morgan fingerprint density at radius 2 is 1.69 bits per heavy atom. The Labute approximate surface area is 170 Å². The van der Waals surface area contributed by atoms with Crippen molar-refractivity contribution in [2.24, 2.45) is 0 Å². The van der Waals surface area contributed by atoms with E-state index in [1.54, 1.807) is 4.90 Å². The molecule has 0 radical (unpaired) electrons. The van der Waals surface area contributed by atoms with E-state index in [9.17, 15) is 9.59 Å². The summed E-state index contributed by atoms with van der Waals surface area (Å²) in [6.45, 7) is 2.24. The summed E-state index contributed by atoms with van der Waals surface area (Å²) in [5.41, 5.74) is 4.19. The molecule has 29 heavy (non-hydrogen) atoms. The number of rotatable bonds is 3. The van der Waals surface area contributed by atoms with Crippen LogP contribution >= 0.6 is 0 Å². The second-order valence-corrected chi connectivity index (χ2v) is 7.76. The van der Waals surface area contributed by atoms with Gasteiger partial charge in [0.1, 0.15) is 11.7 Å². The highest BCUT2D eigenvalue weighted by atomic mass is 16.2. The zero-order valence-corrected chi connectivity index (χ0v) is 16.2. The maximum Gasteiger partial charge on any atom is 0.271 e. The van der Waals surface area contributed by atoms with Gasteiger partial charge in [0.15, 0.2) is 0 Å². The van der Waals surface area contributed by atoms with Crippen molar-refractivity contribution in [3.63, 3.8) is 0 Å². The van der Waals surface area contributed by atoms with Crippen LogP contribution in [0.4, 0.5) is 0 Å². The molecule has 0 spiro atoms. The van der Waals surface area contributed by atoms with E-state index in [2.05, 4.69) is 12.1 Å². The SMILES string of the molecule is O=C(C1Cn2cccc2C(=O)N1Cc1ccccc1)N1CCc2ccccc2C1. The number of benzene rings is 2. The van der Waals surface area contributed by atoms with Crippen LogP contribution in [0.1, 0.15) is 27.2 Å². The van der Waals surface area contributed by atoms with Gasteiger partial charge in [-0.2, -0.15) is 0 Å². The summed E-state index contributed by atoms with van der Waals surface area (Å²) in [6, 6.07) is 21.4. The Kier molecular flexibility index (Phi) is 4.43. The first-order valence-corrected chi connectivity index (χ1v) is 10.1. The summed E-state index contributed by atoms with van der Waals surface area (Å²) in [6.07, 6.45) is 2.74. The van der Waals surface area contributed by atoms with E-state index in [0.29, 0.717) is 31.9 Å². The van der Waals surface area contributed by atoms with Gasteiger partial charge in [-0.25, -0.2) is 0 Å². The van der Waals surface area contributed by atoms with E-state index < -0.39 is 6.04 Å². The Morgan fingerprint density at radius 1 is 0.931 bits per heavy atom. The van der Waals surface area contributed by atoms with Gasteiger partial charge < -0.3 is 14.4 Å². The van der Waals surface area contributed by atoms with Crippen molar-refractivity contribution in [2.75, 3.05) is 6.54 Å². The Hall–Kier alpha value is -3.34. The molecule has 0 saturated heterocycles. The summed E-state index contributed by atoms with van der Waals surface area (Å²) in [5, 5.41) is 0. The van der Waals surface area contributed by atoms with E-state index in [1.807, 2.05) is 70.3 Å². The molecule has 0 bridgehead atoms. The van der Waals surface area contributed by atoms with Gasteiger partial charge in [-0.3, -0.25) is 9.59 Å². The van der Waals surface area contributed by atoms with Gasteiger partial charge in [-0.15, -0.1) is 0 Å². The lowest BCUT2D eigenvalue weighted by molar-refractivity contribution is -0.138. The van der Waals surface area contributed by atoms with E-state index in [4.69, 9.17) is 0 Å². The Bertz CT molecular complexity index is 1060. The van der Waals surface area contributed by atoms with E-state index in [1.165, 1.54) is 11.1 Å². The molecule has 146 valence electrons. The van der Waals surface area contributed by atoms with Gasteiger partial charge in [-0.05, 0) is 35.2 Å². The number of carbonyl (C=O) groups is 2. The van der Waals surface area contributed by atoms with Gasteiger partial charge in [-0.1, -0.05) is 54.6 Å². The second kappa shape index (κ2) is 7.24. The quantitative estimate of drug-likeness (QED) is 0.696. The molecule has 5 heteroatoms. The van der Waals surface area contributed by atoms with Crippen molar-refractivity contribution in [3.8, 4) is 0 Å². The summed E-state index contributed by atoms with van der Waals surface area (Å²) in [5.74, 6) is -0.0519. The molecular formula is C24H23N3O2. The molecule has 2 aliphatic heterocycles. The molecular weight excluding hydrogens is 362 g/mol. The number of hydrogen-bond acceptors (Lipinski definition) is 2. The van der Waals surface area contributed by atoms with Crippen LogP contribution in [0.2, 0.25) is 0 Å². The average Bonchev–Trinajstić information content (AvgIpc) is 3.24. The third-order valence-corrected chi connectivity index (χ3v) is 5.98. The zero-order valence-electron chi connectivity index (χ0n) is 16.2. The third kappa shape index (κ3) is 3.23. The van der Waals surface area contributed by atoms with Crippen molar-refractivity contribution in [3.05, 3.63) is 95.3 Å². The highest BCUT2D eigenvalue weighted by Gasteiger charge is 2.39. The molecule has 0 aliphatic carbocycles. The third-order valence-electron chi connectivity index (χ3n) is 5.98. The van der Waals surface area contributed by atoms with E-state index in [0.717, 1.165) is 12.0 Å². The molecule has 5 nitrogen and oxygen atoms in total.